The number of fused-ring (bicyclic) bond motifs is 1. The molecule has 0 saturated heterocycles. The Labute approximate surface area is 157 Å². The predicted molar refractivity (Wildman–Crippen MR) is 102 cm³/mol. The Bertz CT molecular complexity index is 893. The summed E-state index contributed by atoms with van der Waals surface area (Å²) in [7, 11) is 0. The van der Waals surface area contributed by atoms with E-state index < -0.39 is 12.1 Å². The monoisotopic (exact) mass is 371 g/mol. The van der Waals surface area contributed by atoms with Crippen LogP contribution in [0.25, 0.3) is 11.0 Å². The molecule has 1 aromatic carbocycles. The van der Waals surface area contributed by atoms with Crippen LogP contribution >= 0.6 is 0 Å². The highest BCUT2D eigenvalue weighted by atomic mass is 16.6. The van der Waals surface area contributed by atoms with Crippen LogP contribution < -0.4 is 10.7 Å². The molecule has 6 nitrogen and oxygen atoms in total. The molecule has 2 aromatic rings. The van der Waals surface area contributed by atoms with Crippen molar-refractivity contribution in [3.8, 4) is 0 Å². The lowest BCUT2D eigenvalue weighted by molar-refractivity contribution is -0.130. The van der Waals surface area contributed by atoms with Crippen LogP contribution in [0, 0.1) is 6.92 Å². The molecule has 1 aromatic heterocycles. The van der Waals surface area contributed by atoms with Gasteiger partial charge in [0, 0.05) is 12.1 Å². The second kappa shape index (κ2) is 8.37. The largest absolute Gasteiger partial charge is 0.449 e. The van der Waals surface area contributed by atoms with Crippen LogP contribution in [0.3, 0.4) is 0 Å². The van der Waals surface area contributed by atoms with Gasteiger partial charge in [-0.3, -0.25) is 9.59 Å². The number of rotatable bonds is 4. The van der Waals surface area contributed by atoms with Crippen LogP contribution in [0.2, 0.25) is 0 Å². The number of amides is 1. The first kappa shape index (κ1) is 19.1. The molecule has 6 heteroatoms. The Morgan fingerprint density at radius 2 is 1.85 bits per heavy atom. The van der Waals surface area contributed by atoms with Gasteiger partial charge in [0.25, 0.3) is 5.91 Å². The van der Waals surface area contributed by atoms with Crippen molar-refractivity contribution in [2.24, 2.45) is 0 Å². The molecule has 1 fully saturated rings. The zero-order valence-electron chi connectivity index (χ0n) is 15.7. The Kier molecular flexibility index (Phi) is 5.94. The van der Waals surface area contributed by atoms with Crippen LogP contribution in [0.15, 0.2) is 33.5 Å². The minimum atomic E-state index is -0.959. The Morgan fingerprint density at radius 1 is 1.15 bits per heavy atom. The fourth-order valence-electron chi connectivity index (χ4n) is 3.39. The van der Waals surface area contributed by atoms with Crippen LogP contribution in [0.4, 0.5) is 0 Å². The summed E-state index contributed by atoms with van der Waals surface area (Å²) in [6, 6.07) is 6.39. The van der Waals surface area contributed by atoms with Crippen LogP contribution in [0.1, 0.15) is 61.6 Å². The summed E-state index contributed by atoms with van der Waals surface area (Å²) in [4.78, 5) is 36.9. The van der Waals surface area contributed by atoms with Crippen molar-refractivity contribution in [1.82, 2.24) is 5.32 Å². The van der Waals surface area contributed by atoms with E-state index in [1.165, 1.54) is 19.8 Å². The van der Waals surface area contributed by atoms with Crippen molar-refractivity contribution in [2.75, 3.05) is 0 Å². The second-order valence-corrected chi connectivity index (χ2v) is 7.22. The maximum Gasteiger partial charge on any atom is 0.375 e. The number of carbonyl (C=O) groups is 2. The number of nitrogens with one attached hydrogen (secondary N) is 1. The van der Waals surface area contributed by atoms with Crippen LogP contribution in [-0.2, 0) is 9.53 Å². The third-order valence-corrected chi connectivity index (χ3v) is 4.94. The van der Waals surface area contributed by atoms with Crippen molar-refractivity contribution in [1.29, 1.82) is 0 Å². The maximum absolute atomic E-state index is 12.3. The van der Waals surface area contributed by atoms with Gasteiger partial charge in [0.05, 0.1) is 5.39 Å². The van der Waals surface area contributed by atoms with Gasteiger partial charge in [-0.1, -0.05) is 37.3 Å². The van der Waals surface area contributed by atoms with Crippen LogP contribution in [-0.4, -0.2) is 24.0 Å². The molecule has 1 amide bonds. The molecule has 27 heavy (non-hydrogen) atoms. The number of hydrogen-bond acceptors (Lipinski definition) is 5. The predicted octanol–water partition coefficient (Wildman–Crippen LogP) is 3.49. The molecule has 0 spiro atoms. The van der Waals surface area contributed by atoms with E-state index in [9.17, 15) is 14.4 Å². The quantitative estimate of drug-likeness (QED) is 0.657. The Balaban J connectivity index is 1.67. The first-order valence-corrected chi connectivity index (χ1v) is 9.50. The lowest BCUT2D eigenvalue weighted by Crippen LogP contribution is -2.41. The Hall–Kier alpha value is -2.63. The van der Waals surface area contributed by atoms with Crippen molar-refractivity contribution in [3.05, 3.63) is 45.8 Å². The Morgan fingerprint density at radius 3 is 2.56 bits per heavy atom. The van der Waals surface area contributed by atoms with Crippen LogP contribution in [0.5, 0.6) is 0 Å². The summed E-state index contributed by atoms with van der Waals surface area (Å²) in [5.41, 5.74) is 0.923. The van der Waals surface area contributed by atoms with Gasteiger partial charge in [0.2, 0.25) is 5.76 Å². The summed E-state index contributed by atoms with van der Waals surface area (Å²) in [5.74, 6) is -1.35. The average Bonchev–Trinajstić information content (AvgIpc) is 2.90. The summed E-state index contributed by atoms with van der Waals surface area (Å²) in [6.45, 7) is 3.39. The molecule has 1 N–H and O–H groups in total. The van der Waals surface area contributed by atoms with Crippen molar-refractivity contribution in [2.45, 2.75) is 64.5 Å². The molecule has 1 aliphatic rings. The molecule has 0 bridgehead atoms. The topological polar surface area (TPSA) is 85.6 Å². The van der Waals surface area contributed by atoms with E-state index in [-0.39, 0.29) is 23.1 Å². The SMILES string of the molecule is Cc1ccc2oc(C(=O)O[C@@H](C)C(=O)NC3CCCCCC3)cc(=O)c2c1. The van der Waals surface area contributed by atoms with Crippen molar-refractivity contribution in [3.63, 3.8) is 0 Å². The summed E-state index contributed by atoms with van der Waals surface area (Å²) in [5, 5.41) is 3.36. The van der Waals surface area contributed by atoms with Gasteiger partial charge in [-0.25, -0.2) is 4.79 Å². The summed E-state index contributed by atoms with van der Waals surface area (Å²) in [6.07, 6.45) is 5.52. The molecule has 1 saturated carbocycles. The number of benzene rings is 1. The normalized spacial score (nSPS) is 16.5. The van der Waals surface area contributed by atoms with Gasteiger partial charge >= 0.3 is 5.97 Å². The van der Waals surface area contributed by atoms with Gasteiger partial charge in [0.1, 0.15) is 5.58 Å². The minimum Gasteiger partial charge on any atom is -0.449 e. The number of hydrogen-bond donors (Lipinski definition) is 1. The maximum atomic E-state index is 12.3. The minimum absolute atomic E-state index is 0.128. The highest BCUT2D eigenvalue weighted by molar-refractivity contribution is 5.91. The van der Waals surface area contributed by atoms with E-state index >= 15 is 0 Å². The van der Waals surface area contributed by atoms with Gasteiger partial charge in [-0.2, -0.15) is 0 Å². The van der Waals surface area contributed by atoms with E-state index in [1.54, 1.807) is 18.2 Å². The number of esters is 1. The third kappa shape index (κ3) is 4.76. The van der Waals surface area contributed by atoms with E-state index in [2.05, 4.69) is 5.32 Å². The van der Waals surface area contributed by atoms with Gasteiger partial charge in [0.15, 0.2) is 11.5 Å². The average molecular weight is 371 g/mol. The second-order valence-electron chi connectivity index (χ2n) is 7.22. The molecular formula is C21H25NO5. The van der Waals surface area contributed by atoms with E-state index in [1.807, 2.05) is 6.92 Å². The van der Waals surface area contributed by atoms with Gasteiger partial charge in [-0.15, -0.1) is 0 Å². The number of aryl methyl sites for hydroxylation is 1. The van der Waals surface area contributed by atoms with Crippen molar-refractivity contribution < 1.29 is 18.7 Å². The molecule has 144 valence electrons. The first-order chi connectivity index (χ1) is 12.9. The number of ether oxygens (including phenoxy) is 1. The summed E-state index contributed by atoms with van der Waals surface area (Å²) >= 11 is 0. The molecule has 0 unspecified atom stereocenters. The molecule has 1 heterocycles. The van der Waals surface area contributed by atoms with Gasteiger partial charge in [-0.05, 0) is 38.8 Å². The zero-order chi connectivity index (χ0) is 19.4. The molecule has 1 atom stereocenters. The molecule has 0 aliphatic heterocycles. The molecular weight excluding hydrogens is 346 g/mol. The highest BCUT2D eigenvalue weighted by Gasteiger charge is 2.24. The fourth-order valence-corrected chi connectivity index (χ4v) is 3.39. The van der Waals surface area contributed by atoms with E-state index in [0.717, 1.165) is 37.3 Å². The highest BCUT2D eigenvalue weighted by Crippen LogP contribution is 2.18. The molecule has 0 radical (unpaired) electrons. The van der Waals surface area contributed by atoms with Gasteiger partial charge < -0.3 is 14.5 Å². The molecule has 1 aliphatic carbocycles. The van der Waals surface area contributed by atoms with E-state index in [4.69, 9.17) is 9.15 Å². The molecule has 3 rings (SSSR count). The van der Waals surface area contributed by atoms with E-state index in [0.29, 0.717) is 11.0 Å². The fraction of sp³-hybridized carbons (Fsp3) is 0.476. The third-order valence-electron chi connectivity index (χ3n) is 4.94. The lowest BCUT2D eigenvalue weighted by Gasteiger charge is -2.19. The number of carbonyl (C=O) groups excluding carboxylic acids is 2. The first-order valence-electron chi connectivity index (χ1n) is 9.50. The van der Waals surface area contributed by atoms with Crippen molar-refractivity contribution >= 4 is 22.8 Å². The zero-order valence-corrected chi connectivity index (χ0v) is 15.7. The standard InChI is InChI=1S/C21H25NO5/c1-13-9-10-18-16(11-13)17(23)12-19(27-18)21(25)26-14(2)20(24)22-15-7-5-3-4-6-8-15/h9-12,14-15H,3-8H2,1-2H3,(H,22,24)/t14-/m0/s1. The summed E-state index contributed by atoms with van der Waals surface area (Å²) < 4.78 is 10.7. The lowest BCUT2D eigenvalue weighted by atomic mass is 10.1. The smallest absolute Gasteiger partial charge is 0.375 e.